The molecule has 0 saturated carbocycles. The van der Waals surface area contributed by atoms with Crippen molar-refractivity contribution in [2.24, 2.45) is 0 Å². The van der Waals surface area contributed by atoms with Crippen LogP contribution < -0.4 is 5.32 Å². The monoisotopic (exact) mass is 104 g/mol. The van der Waals surface area contributed by atoms with E-state index in [1.807, 2.05) is 0 Å². The van der Waals surface area contributed by atoms with Gasteiger partial charge in [-0.05, 0) is 0 Å². The van der Waals surface area contributed by atoms with Crippen molar-refractivity contribution in [3.05, 3.63) is 0 Å². The van der Waals surface area contributed by atoms with Crippen LogP contribution in [-0.2, 0) is 4.79 Å². The van der Waals surface area contributed by atoms with Gasteiger partial charge in [-0.25, -0.2) is 0 Å². The molecular weight excluding hydrogens is 102 g/mol. The Morgan fingerprint density at radius 2 is 2.33 bits per heavy atom. The van der Waals surface area contributed by atoms with Crippen LogP contribution in [0.1, 0.15) is 0 Å². The Bertz CT molecular complexity index is 71.9. The minimum Gasteiger partial charge on any atom is -0.279 e. The Kier molecular flexibility index (Phi) is 2.48. The Balaban J connectivity index is 3.05. The van der Waals surface area contributed by atoms with Crippen LogP contribution in [0, 0.1) is 0 Å². The molecule has 0 fully saturated rings. The van der Waals surface area contributed by atoms with Gasteiger partial charge in [0, 0.05) is 0 Å². The van der Waals surface area contributed by atoms with Crippen LogP contribution in [-0.4, -0.2) is 11.6 Å². The first-order valence-corrected chi connectivity index (χ1v) is 1.58. The molecule has 0 aliphatic heterocycles. The lowest BCUT2D eigenvalue weighted by atomic mass is 11.2. The van der Waals surface area contributed by atoms with Crippen LogP contribution in [0.5, 0.6) is 0 Å². The van der Waals surface area contributed by atoms with Crippen LogP contribution in [0.3, 0.4) is 0 Å². The maximum Gasteiger partial charge on any atom is 0.317 e. The van der Waals surface area contributed by atoms with Crippen molar-refractivity contribution in [1.82, 2.24) is 5.32 Å². The maximum absolute atomic E-state index is 9.53. The molecule has 0 bridgehead atoms. The van der Waals surface area contributed by atoms with Crippen molar-refractivity contribution in [2.75, 3.05) is 0 Å². The van der Waals surface area contributed by atoms with E-state index >= 15 is 0 Å². The third-order valence-electron chi connectivity index (χ3n) is 0.158. The quantitative estimate of drug-likeness (QED) is 0.354. The summed E-state index contributed by atoms with van der Waals surface area (Å²) in [6.07, 6.45) is 1.14. The third kappa shape index (κ3) is 3.49. The lowest BCUT2D eigenvalue weighted by Crippen LogP contribution is -2.12. The molecule has 6 heavy (non-hydrogen) atoms. The summed E-state index contributed by atoms with van der Waals surface area (Å²) in [5, 5.41) is 0.938. The summed E-state index contributed by atoms with van der Waals surface area (Å²) in [7, 11) is 0. The van der Waals surface area contributed by atoms with Crippen molar-refractivity contribution >= 4 is 24.3 Å². The fourth-order valence-electron chi connectivity index (χ4n) is 0.0437. The molecular formula is C2H2NO2S. The largest absolute Gasteiger partial charge is 0.317 e. The molecule has 0 aromatic carbocycles. The standard InChI is InChI=1S/C2H2NO2S/c4-1-3-2(5)6/h(H2,3,4,5,6). The van der Waals surface area contributed by atoms with Crippen molar-refractivity contribution < 1.29 is 9.59 Å². The summed E-state index contributed by atoms with van der Waals surface area (Å²) >= 11 is 3.17. The molecule has 4 heteroatoms. The van der Waals surface area contributed by atoms with E-state index < -0.39 is 5.24 Å². The number of hydrogen-bond acceptors (Lipinski definition) is 2. The zero-order chi connectivity index (χ0) is 4.99. The Morgan fingerprint density at radius 3 is 2.33 bits per heavy atom. The number of carbonyl (C=O) groups excluding carboxylic acids is 2. The number of hydrogen-bond donors (Lipinski definition) is 2. The van der Waals surface area contributed by atoms with E-state index in [2.05, 4.69) is 12.6 Å². The lowest BCUT2D eigenvalue weighted by molar-refractivity contribution is 0.264. The zero-order valence-corrected chi connectivity index (χ0v) is 3.66. The molecule has 3 nitrogen and oxygen atoms in total. The highest BCUT2D eigenvalue weighted by Gasteiger charge is 1.82. The van der Waals surface area contributed by atoms with E-state index in [1.165, 1.54) is 0 Å². The van der Waals surface area contributed by atoms with Crippen LogP contribution >= 0.6 is 12.6 Å². The molecule has 0 unspecified atom stereocenters. The fraction of sp³-hybridized carbons (Fsp3) is 0. The number of rotatable bonds is 1. The number of nitrogens with one attached hydrogen (secondary N) is 1. The molecule has 0 aliphatic rings. The van der Waals surface area contributed by atoms with Gasteiger partial charge in [-0.15, -0.1) is 0 Å². The minimum atomic E-state index is -0.690. The van der Waals surface area contributed by atoms with Crippen LogP contribution in [0.4, 0.5) is 4.79 Å². The maximum atomic E-state index is 9.53. The van der Waals surface area contributed by atoms with Crippen LogP contribution in [0.2, 0.25) is 0 Å². The van der Waals surface area contributed by atoms with Gasteiger partial charge >= 0.3 is 6.41 Å². The average molecular weight is 104 g/mol. The summed E-state index contributed by atoms with van der Waals surface area (Å²) in [5.41, 5.74) is 0. The molecule has 1 radical (unpaired) electrons. The Labute approximate surface area is 40.1 Å². The molecule has 0 atom stereocenters. The van der Waals surface area contributed by atoms with Gasteiger partial charge in [-0.3, -0.25) is 14.9 Å². The summed E-state index contributed by atoms with van der Waals surface area (Å²) in [4.78, 5) is 18.6. The van der Waals surface area contributed by atoms with Crippen molar-refractivity contribution in [2.45, 2.75) is 0 Å². The molecule has 0 aliphatic carbocycles. The second-order valence-electron chi connectivity index (χ2n) is 0.532. The molecule has 0 saturated heterocycles. The van der Waals surface area contributed by atoms with Crippen molar-refractivity contribution in [1.29, 1.82) is 0 Å². The second-order valence-corrected chi connectivity index (χ2v) is 0.938. The number of amides is 2. The summed E-state index contributed by atoms with van der Waals surface area (Å²) in [6.45, 7) is 0. The first-order valence-electron chi connectivity index (χ1n) is 1.13. The van der Waals surface area contributed by atoms with Gasteiger partial charge in [0.15, 0.2) is 0 Å². The molecule has 2 amide bonds. The summed E-state index contributed by atoms with van der Waals surface area (Å²) < 4.78 is 0. The number of carbonyl (C=O) groups is 1. The molecule has 0 aromatic heterocycles. The molecule has 33 valence electrons. The first kappa shape index (κ1) is 5.49. The van der Waals surface area contributed by atoms with E-state index in [0.29, 0.717) is 0 Å². The van der Waals surface area contributed by atoms with Gasteiger partial charge in [0.2, 0.25) is 0 Å². The van der Waals surface area contributed by atoms with E-state index in [0.717, 1.165) is 6.41 Å². The number of thiol groups is 1. The zero-order valence-electron chi connectivity index (χ0n) is 2.76. The highest BCUT2D eigenvalue weighted by Crippen LogP contribution is 1.68. The highest BCUT2D eigenvalue weighted by molar-refractivity contribution is 7.96. The van der Waals surface area contributed by atoms with Gasteiger partial charge in [0.25, 0.3) is 5.24 Å². The fourth-order valence-corrected chi connectivity index (χ4v) is 0.0893. The third-order valence-corrected chi connectivity index (χ3v) is 0.270. The van der Waals surface area contributed by atoms with Gasteiger partial charge in [-0.2, -0.15) is 0 Å². The van der Waals surface area contributed by atoms with Crippen LogP contribution in [0.25, 0.3) is 0 Å². The van der Waals surface area contributed by atoms with E-state index in [-0.39, 0.29) is 0 Å². The normalized spacial score (nSPS) is 6.83. The van der Waals surface area contributed by atoms with Crippen LogP contribution in [0.15, 0.2) is 0 Å². The Hall–Kier alpha value is -0.510. The predicted octanol–water partition coefficient (Wildman–Crippen LogP) is -0.307. The summed E-state index contributed by atoms with van der Waals surface area (Å²) in [5.74, 6) is 0. The average Bonchev–Trinajstić information content (AvgIpc) is 1.35. The SMILES string of the molecule is O=[C]NC(=O)S. The predicted molar refractivity (Wildman–Crippen MR) is 23.2 cm³/mol. The highest BCUT2D eigenvalue weighted by atomic mass is 32.1. The van der Waals surface area contributed by atoms with E-state index in [1.54, 1.807) is 5.32 Å². The van der Waals surface area contributed by atoms with E-state index in [9.17, 15) is 4.79 Å². The molecule has 0 rings (SSSR count). The first-order chi connectivity index (χ1) is 2.77. The molecule has 0 spiro atoms. The molecule has 1 N–H and O–H groups in total. The Morgan fingerprint density at radius 1 is 1.83 bits per heavy atom. The molecule has 0 heterocycles. The minimum absolute atomic E-state index is 0.690. The van der Waals surface area contributed by atoms with Gasteiger partial charge in [-0.1, -0.05) is 12.6 Å². The summed E-state index contributed by atoms with van der Waals surface area (Å²) in [6, 6.07) is 0. The molecule has 0 aromatic rings. The smallest absolute Gasteiger partial charge is 0.279 e. The van der Waals surface area contributed by atoms with E-state index in [4.69, 9.17) is 4.79 Å². The number of imide groups is 1. The van der Waals surface area contributed by atoms with Crippen molar-refractivity contribution in [3.63, 3.8) is 0 Å². The van der Waals surface area contributed by atoms with Crippen molar-refractivity contribution in [3.8, 4) is 0 Å². The lowest BCUT2D eigenvalue weighted by Gasteiger charge is -1.76. The second kappa shape index (κ2) is 2.71. The topological polar surface area (TPSA) is 46.2 Å². The van der Waals surface area contributed by atoms with Gasteiger partial charge in [0.1, 0.15) is 0 Å². The van der Waals surface area contributed by atoms with Gasteiger partial charge < -0.3 is 0 Å². The van der Waals surface area contributed by atoms with Gasteiger partial charge in [0.05, 0.1) is 0 Å².